The largest absolute Gasteiger partial charge is 0.389 e. The van der Waals surface area contributed by atoms with Crippen molar-refractivity contribution in [1.82, 2.24) is 14.8 Å². The summed E-state index contributed by atoms with van der Waals surface area (Å²) in [5.74, 6) is 0.126. The lowest BCUT2D eigenvalue weighted by Crippen LogP contribution is -2.60. The standard InChI is InChI=1S/C17H27N3O3S/c1-12-15(24-13(2)18-12)10-19-6-4-17(22)5-7-20(9-14(17)8-19)16(21)11-23-3/h14,22H,4-11H2,1-3H3/t14-,17-/m1/s1. The number of piperidine rings is 2. The Bertz CT molecular complexity index is 606. The highest BCUT2D eigenvalue weighted by Crippen LogP contribution is 2.36. The van der Waals surface area contributed by atoms with Gasteiger partial charge in [0.2, 0.25) is 5.91 Å². The number of aromatic nitrogens is 1. The number of carbonyl (C=O) groups excluding carboxylic acids is 1. The molecule has 0 bridgehead atoms. The second-order valence-electron chi connectivity index (χ2n) is 7.05. The molecule has 134 valence electrons. The van der Waals surface area contributed by atoms with Crippen molar-refractivity contribution in [2.75, 3.05) is 39.9 Å². The van der Waals surface area contributed by atoms with Crippen molar-refractivity contribution >= 4 is 17.2 Å². The molecule has 2 saturated heterocycles. The summed E-state index contributed by atoms with van der Waals surface area (Å²) < 4.78 is 4.96. The summed E-state index contributed by atoms with van der Waals surface area (Å²) in [6.45, 7) is 8.07. The van der Waals surface area contributed by atoms with Crippen LogP contribution in [0.3, 0.4) is 0 Å². The van der Waals surface area contributed by atoms with Gasteiger partial charge in [0, 0.05) is 50.6 Å². The lowest BCUT2D eigenvalue weighted by molar-refractivity contribution is -0.150. The van der Waals surface area contributed by atoms with Crippen LogP contribution in [0.1, 0.15) is 28.4 Å². The van der Waals surface area contributed by atoms with Crippen molar-refractivity contribution in [3.63, 3.8) is 0 Å². The number of rotatable bonds is 4. The Morgan fingerprint density at radius 1 is 1.38 bits per heavy atom. The zero-order valence-electron chi connectivity index (χ0n) is 14.7. The number of fused-ring (bicyclic) bond motifs is 1. The van der Waals surface area contributed by atoms with Crippen LogP contribution in [0.5, 0.6) is 0 Å². The maximum absolute atomic E-state index is 12.1. The maximum atomic E-state index is 12.1. The summed E-state index contributed by atoms with van der Waals surface area (Å²) in [5, 5.41) is 12.1. The summed E-state index contributed by atoms with van der Waals surface area (Å²) in [6.07, 6.45) is 1.44. The number of aryl methyl sites for hydroxylation is 2. The first-order valence-corrected chi connectivity index (χ1v) is 9.37. The molecule has 1 N–H and O–H groups in total. The number of amides is 1. The highest BCUT2D eigenvalue weighted by molar-refractivity contribution is 7.11. The van der Waals surface area contributed by atoms with E-state index >= 15 is 0 Å². The Balaban J connectivity index is 1.65. The molecule has 24 heavy (non-hydrogen) atoms. The molecule has 1 aromatic heterocycles. The Kier molecular flexibility index (Phi) is 5.24. The number of likely N-dealkylation sites (tertiary alicyclic amines) is 2. The van der Waals surface area contributed by atoms with Crippen LogP contribution >= 0.6 is 11.3 Å². The number of methoxy groups -OCH3 is 1. The van der Waals surface area contributed by atoms with Gasteiger partial charge in [-0.2, -0.15) is 0 Å². The molecular weight excluding hydrogens is 326 g/mol. The Morgan fingerprint density at radius 3 is 2.79 bits per heavy atom. The van der Waals surface area contributed by atoms with Crippen LogP contribution in [0.25, 0.3) is 0 Å². The Morgan fingerprint density at radius 2 is 2.12 bits per heavy atom. The van der Waals surface area contributed by atoms with Crippen molar-refractivity contribution in [3.05, 3.63) is 15.6 Å². The van der Waals surface area contributed by atoms with Crippen LogP contribution < -0.4 is 0 Å². The number of thiazole rings is 1. The first-order chi connectivity index (χ1) is 11.4. The minimum Gasteiger partial charge on any atom is -0.389 e. The van der Waals surface area contributed by atoms with Gasteiger partial charge in [0.1, 0.15) is 6.61 Å². The minimum absolute atomic E-state index is 0.0191. The number of nitrogens with zero attached hydrogens (tertiary/aromatic N) is 3. The molecule has 0 radical (unpaired) electrons. The molecular formula is C17H27N3O3S. The van der Waals surface area contributed by atoms with Gasteiger partial charge < -0.3 is 14.7 Å². The van der Waals surface area contributed by atoms with Crippen molar-refractivity contribution in [2.45, 2.75) is 38.8 Å². The second-order valence-corrected chi connectivity index (χ2v) is 8.34. The van der Waals surface area contributed by atoms with E-state index in [0.29, 0.717) is 19.5 Å². The van der Waals surface area contributed by atoms with Gasteiger partial charge in [-0.05, 0) is 26.7 Å². The van der Waals surface area contributed by atoms with Gasteiger partial charge in [-0.15, -0.1) is 11.3 Å². The van der Waals surface area contributed by atoms with E-state index in [-0.39, 0.29) is 18.4 Å². The highest BCUT2D eigenvalue weighted by Gasteiger charge is 2.45. The van der Waals surface area contributed by atoms with Crippen LogP contribution in [0.2, 0.25) is 0 Å². The molecule has 0 unspecified atom stereocenters. The van der Waals surface area contributed by atoms with Gasteiger partial charge in [0.25, 0.3) is 0 Å². The number of aliphatic hydroxyl groups is 1. The van der Waals surface area contributed by atoms with E-state index in [2.05, 4.69) is 16.8 Å². The average Bonchev–Trinajstić information content (AvgIpc) is 2.85. The van der Waals surface area contributed by atoms with E-state index in [1.807, 2.05) is 11.8 Å². The smallest absolute Gasteiger partial charge is 0.248 e. The number of hydrogen-bond acceptors (Lipinski definition) is 6. The monoisotopic (exact) mass is 353 g/mol. The molecule has 2 aliphatic rings. The third kappa shape index (κ3) is 3.64. The van der Waals surface area contributed by atoms with Gasteiger partial charge in [-0.25, -0.2) is 4.98 Å². The fourth-order valence-corrected chi connectivity index (χ4v) is 4.86. The van der Waals surface area contributed by atoms with E-state index < -0.39 is 5.60 Å². The van der Waals surface area contributed by atoms with Crippen LogP contribution in [-0.4, -0.2) is 71.3 Å². The Hall–Kier alpha value is -1.02. The van der Waals surface area contributed by atoms with E-state index in [1.165, 1.54) is 4.88 Å². The van der Waals surface area contributed by atoms with Crippen LogP contribution in [-0.2, 0) is 16.1 Å². The highest BCUT2D eigenvalue weighted by atomic mass is 32.1. The van der Waals surface area contributed by atoms with Crippen LogP contribution in [0, 0.1) is 19.8 Å². The lowest BCUT2D eigenvalue weighted by atomic mass is 9.75. The topological polar surface area (TPSA) is 65.9 Å². The third-order valence-electron chi connectivity index (χ3n) is 5.34. The molecule has 3 rings (SSSR count). The summed E-state index contributed by atoms with van der Waals surface area (Å²) in [6, 6.07) is 0. The fraction of sp³-hybridized carbons (Fsp3) is 0.765. The van der Waals surface area contributed by atoms with Crippen molar-refractivity contribution in [2.24, 2.45) is 5.92 Å². The normalized spacial score (nSPS) is 28.0. The van der Waals surface area contributed by atoms with Gasteiger partial charge in [0.05, 0.1) is 16.3 Å². The molecule has 1 aromatic rings. The van der Waals surface area contributed by atoms with Crippen molar-refractivity contribution in [3.8, 4) is 0 Å². The maximum Gasteiger partial charge on any atom is 0.248 e. The lowest BCUT2D eigenvalue weighted by Gasteiger charge is -2.50. The summed E-state index contributed by atoms with van der Waals surface area (Å²) in [4.78, 5) is 22.1. The molecule has 3 heterocycles. The van der Waals surface area contributed by atoms with Crippen LogP contribution in [0.15, 0.2) is 0 Å². The summed E-state index contributed by atoms with van der Waals surface area (Å²) >= 11 is 1.75. The van der Waals surface area contributed by atoms with Gasteiger partial charge in [0.15, 0.2) is 0 Å². The SMILES string of the molecule is COCC(=O)N1CC[C@]2(O)CCN(Cc3sc(C)nc3C)C[C@@H]2C1. The van der Waals surface area contributed by atoms with Gasteiger partial charge in [-0.3, -0.25) is 9.69 Å². The molecule has 2 fully saturated rings. The quantitative estimate of drug-likeness (QED) is 0.881. The predicted molar refractivity (Wildman–Crippen MR) is 93.0 cm³/mol. The zero-order valence-corrected chi connectivity index (χ0v) is 15.6. The van der Waals surface area contributed by atoms with Gasteiger partial charge >= 0.3 is 0 Å². The predicted octanol–water partition coefficient (Wildman–Crippen LogP) is 1.19. The first-order valence-electron chi connectivity index (χ1n) is 8.55. The molecule has 1 amide bonds. The van der Waals surface area contributed by atoms with E-state index in [4.69, 9.17) is 4.74 Å². The van der Waals surface area contributed by atoms with E-state index in [1.54, 1.807) is 18.4 Å². The van der Waals surface area contributed by atoms with Crippen LogP contribution in [0.4, 0.5) is 0 Å². The Labute approximate surface area is 147 Å². The first kappa shape index (κ1) is 17.8. The number of ether oxygens (including phenoxy) is 1. The molecule has 2 atom stereocenters. The molecule has 0 aromatic carbocycles. The summed E-state index contributed by atoms with van der Waals surface area (Å²) in [7, 11) is 1.54. The molecule has 2 aliphatic heterocycles. The molecule has 6 nitrogen and oxygen atoms in total. The molecule has 0 saturated carbocycles. The molecule has 0 aliphatic carbocycles. The van der Waals surface area contributed by atoms with E-state index in [9.17, 15) is 9.90 Å². The third-order valence-corrected chi connectivity index (χ3v) is 6.40. The zero-order chi connectivity index (χ0) is 17.3. The molecule has 0 spiro atoms. The fourth-order valence-electron chi connectivity index (χ4n) is 3.88. The van der Waals surface area contributed by atoms with E-state index in [0.717, 1.165) is 36.8 Å². The summed E-state index contributed by atoms with van der Waals surface area (Å²) in [5.41, 5.74) is 0.484. The second kappa shape index (κ2) is 7.07. The molecule has 7 heteroatoms. The van der Waals surface area contributed by atoms with Gasteiger partial charge in [-0.1, -0.05) is 0 Å². The van der Waals surface area contributed by atoms with Crippen molar-refractivity contribution < 1.29 is 14.6 Å². The number of hydrogen-bond donors (Lipinski definition) is 1. The average molecular weight is 353 g/mol. The number of carbonyl (C=O) groups is 1. The van der Waals surface area contributed by atoms with Crippen molar-refractivity contribution in [1.29, 1.82) is 0 Å². The minimum atomic E-state index is -0.626.